The molecule has 0 aromatic heterocycles. The van der Waals surface area contributed by atoms with Crippen LogP contribution in [0.4, 0.5) is 0 Å². The molecule has 0 fully saturated rings. The zero-order chi connectivity index (χ0) is 11.2. The first-order chi connectivity index (χ1) is 7.41. The summed E-state index contributed by atoms with van der Waals surface area (Å²) in [4.78, 5) is 0. The third-order valence-electron chi connectivity index (χ3n) is 1.53. The molecular formula is C9H20O4Si2. The predicted octanol–water partition coefficient (Wildman–Crippen LogP) is 0.777. The van der Waals surface area contributed by atoms with Gasteiger partial charge in [0.05, 0.1) is 26.4 Å². The van der Waals surface area contributed by atoms with E-state index in [1.54, 1.807) is 0 Å². The maximum atomic E-state index is 5.33. The Balaban J connectivity index is 2.81. The summed E-state index contributed by atoms with van der Waals surface area (Å²) in [6.45, 7) is 8.25. The van der Waals surface area contributed by atoms with Gasteiger partial charge in [-0.05, 0) is 19.5 Å². The fourth-order valence-electron chi connectivity index (χ4n) is 0.872. The molecule has 4 radical (unpaired) electrons. The number of ether oxygens (including phenoxy) is 2. The molecule has 0 amide bonds. The SMILES string of the molecule is C[Si]OCCOCCCOCCO[Si]C. The van der Waals surface area contributed by atoms with Crippen LogP contribution in [0.2, 0.25) is 13.1 Å². The lowest BCUT2D eigenvalue weighted by Gasteiger charge is -2.05. The zero-order valence-corrected chi connectivity index (χ0v) is 11.6. The highest BCUT2D eigenvalue weighted by molar-refractivity contribution is 6.24. The molecule has 0 aromatic rings. The van der Waals surface area contributed by atoms with E-state index in [0.717, 1.165) is 19.6 Å². The van der Waals surface area contributed by atoms with Gasteiger partial charge < -0.3 is 18.3 Å². The van der Waals surface area contributed by atoms with Crippen molar-refractivity contribution in [3.63, 3.8) is 0 Å². The normalized spacial score (nSPS) is 10.8. The van der Waals surface area contributed by atoms with E-state index in [-0.39, 0.29) is 0 Å². The fourth-order valence-corrected chi connectivity index (χ4v) is 1.45. The molecule has 15 heavy (non-hydrogen) atoms. The van der Waals surface area contributed by atoms with E-state index in [2.05, 4.69) is 0 Å². The smallest absolute Gasteiger partial charge is 0.226 e. The molecule has 0 spiro atoms. The maximum Gasteiger partial charge on any atom is 0.226 e. The van der Waals surface area contributed by atoms with E-state index in [1.807, 2.05) is 13.1 Å². The van der Waals surface area contributed by atoms with Crippen LogP contribution in [0.15, 0.2) is 0 Å². The highest BCUT2D eigenvalue weighted by Gasteiger charge is 1.91. The van der Waals surface area contributed by atoms with Gasteiger partial charge >= 0.3 is 0 Å². The van der Waals surface area contributed by atoms with Gasteiger partial charge in [-0.25, -0.2) is 0 Å². The third kappa shape index (κ3) is 14.3. The van der Waals surface area contributed by atoms with E-state index < -0.39 is 0 Å². The third-order valence-corrected chi connectivity index (χ3v) is 2.51. The van der Waals surface area contributed by atoms with E-state index >= 15 is 0 Å². The summed E-state index contributed by atoms with van der Waals surface area (Å²) in [5.41, 5.74) is 0. The minimum Gasteiger partial charge on any atom is -0.415 e. The molecule has 0 atom stereocenters. The fraction of sp³-hybridized carbons (Fsp3) is 1.00. The molecule has 0 aliphatic heterocycles. The first-order valence-corrected chi connectivity index (χ1v) is 7.96. The maximum absolute atomic E-state index is 5.33. The van der Waals surface area contributed by atoms with Crippen LogP contribution in [0.3, 0.4) is 0 Å². The van der Waals surface area contributed by atoms with Gasteiger partial charge in [-0.3, -0.25) is 0 Å². The van der Waals surface area contributed by atoms with Gasteiger partial charge in [0.15, 0.2) is 0 Å². The lowest BCUT2D eigenvalue weighted by molar-refractivity contribution is 0.0595. The molecule has 0 aliphatic carbocycles. The van der Waals surface area contributed by atoms with Crippen molar-refractivity contribution in [2.45, 2.75) is 19.5 Å². The van der Waals surface area contributed by atoms with Crippen LogP contribution >= 0.6 is 0 Å². The Morgan fingerprint density at radius 2 is 1.13 bits per heavy atom. The lowest BCUT2D eigenvalue weighted by Crippen LogP contribution is -2.09. The van der Waals surface area contributed by atoms with Crippen molar-refractivity contribution in [1.82, 2.24) is 0 Å². The van der Waals surface area contributed by atoms with Crippen molar-refractivity contribution >= 4 is 19.5 Å². The topological polar surface area (TPSA) is 36.9 Å². The molecule has 0 aromatic carbocycles. The molecule has 4 nitrogen and oxygen atoms in total. The standard InChI is InChI=1S/C9H20O4Si2/c1-14-12-8-6-10-4-3-5-11-7-9-13-15-2/h3-9H2,1-2H3. The minimum atomic E-state index is 0.552. The second-order valence-electron chi connectivity index (χ2n) is 2.68. The molecule has 0 aliphatic rings. The van der Waals surface area contributed by atoms with Crippen LogP contribution in [-0.2, 0) is 18.3 Å². The van der Waals surface area contributed by atoms with E-state index in [4.69, 9.17) is 18.3 Å². The Labute approximate surface area is 97.5 Å². The monoisotopic (exact) mass is 248 g/mol. The molecule has 0 N–H and O–H groups in total. The second kappa shape index (κ2) is 14.3. The predicted molar refractivity (Wildman–Crippen MR) is 61.4 cm³/mol. The van der Waals surface area contributed by atoms with Crippen LogP contribution in [0.1, 0.15) is 6.42 Å². The number of rotatable bonds is 12. The highest BCUT2D eigenvalue weighted by atomic mass is 28.2. The first-order valence-electron chi connectivity index (χ1n) is 5.14. The summed E-state index contributed by atoms with van der Waals surface area (Å²) in [7, 11) is 1.10. The van der Waals surface area contributed by atoms with Crippen molar-refractivity contribution in [2.75, 3.05) is 39.6 Å². The summed E-state index contributed by atoms with van der Waals surface area (Å²) in [6, 6.07) is 0. The van der Waals surface area contributed by atoms with Crippen LogP contribution in [0.5, 0.6) is 0 Å². The average molecular weight is 248 g/mol. The van der Waals surface area contributed by atoms with Gasteiger partial charge in [-0.15, -0.1) is 0 Å². The highest BCUT2D eigenvalue weighted by Crippen LogP contribution is 1.86. The first kappa shape index (κ1) is 15.3. The van der Waals surface area contributed by atoms with Crippen LogP contribution in [-0.4, -0.2) is 59.2 Å². The molecule has 0 bridgehead atoms. The zero-order valence-electron chi connectivity index (χ0n) is 9.58. The molecule has 0 saturated carbocycles. The summed E-state index contributed by atoms with van der Waals surface area (Å²) in [5.74, 6) is 0. The van der Waals surface area contributed by atoms with E-state index in [1.165, 1.54) is 0 Å². The van der Waals surface area contributed by atoms with Crippen molar-refractivity contribution in [3.8, 4) is 0 Å². The molecule has 0 heterocycles. The van der Waals surface area contributed by atoms with Gasteiger partial charge in [0.1, 0.15) is 0 Å². The average Bonchev–Trinajstić information content (AvgIpc) is 2.26. The van der Waals surface area contributed by atoms with Crippen molar-refractivity contribution < 1.29 is 18.3 Å². The van der Waals surface area contributed by atoms with E-state index in [0.29, 0.717) is 46.0 Å². The van der Waals surface area contributed by atoms with Crippen molar-refractivity contribution in [3.05, 3.63) is 0 Å². The van der Waals surface area contributed by atoms with Gasteiger partial charge in [0.25, 0.3) is 0 Å². The molecule has 88 valence electrons. The van der Waals surface area contributed by atoms with Gasteiger partial charge in [0.2, 0.25) is 19.5 Å². The minimum absolute atomic E-state index is 0.552. The Bertz CT molecular complexity index is 104. The molecule has 0 rings (SSSR count). The molecular weight excluding hydrogens is 228 g/mol. The van der Waals surface area contributed by atoms with E-state index in [9.17, 15) is 0 Å². The van der Waals surface area contributed by atoms with Crippen LogP contribution in [0.25, 0.3) is 0 Å². The van der Waals surface area contributed by atoms with Gasteiger partial charge in [-0.2, -0.15) is 0 Å². The number of hydrogen-bond donors (Lipinski definition) is 0. The Morgan fingerprint density at radius 3 is 1.53 bits per heavy atom. The summed E-state index contributed by atoms with van der Waals surface area (Å²) in [5, 5.41) is 0. The second-order valence-corrected chi connectivity index (χ2v) is 4.08. The van der Waals surface area contributed by atoms with Crippen molar-refractivity contribution in [2.24, 2.45) is 0 Å². The molecule has 0 saturated heterocycles. The van der Waals surface area contributed by atoms with Crippen LogP contribution in [0, 0.1) is 0 Å². The van der Waals surface area contributed by atoms with Gasteiger partial charge in [0, 0.05) is 13.2 Å². The van der Waals surface area contributed by atoms with Crippen molar-refractivity contribution in [1.29, 1.82) is 0 Å². The summed E-state index contributed by atoms with van der Waals surface area (Å²) < 4.78 is 21.0. The quantitative estimate of drug-likeness (QED) is 0.378. The lowest BCUT2D eigenvalue weighted by atomic mass is 10.5. The summed E-state index contributed by atoms with van der Waals surface area (Å²) >= 11 is 0. The molecule has 0 unspecified atom stereocenters. The largest absolute Gasteiger partial charge is 0.415 e. The Kier molecular flexibility index (Phi) is 14.5. The Morgan fingerprint density at radius 1 is 0.667 bits per heavy atom. The van der Waals surface area contributed by atoms with Crippen LogP contribution < -0.4 is 0 Å². The Hall–Kier alpha value is 0.274. The number of hydrogen-bond acceptors (Lipinski definition) is 4. The summed E-state index contributed by atoms with van der Waals surface area (Å²) in [6.07, 6.45) is 0.933. The molecule has 6 heteroatoms. The van der Waals surface area contributed by atoms with Gasteiger partial charge in [-0.1, -0.05) is 0 Å².